The van der Waals surface area contributed by atoms with Gasteiger partial charge in [0.15, 0.2) is 5.84 Å². The van der Waals surface area contributed by atoms with Gasteiger partial charge < -0.3 is 4.74 Å². The van der Waals surface area contributed by atoms with E-state index in [0.717, 1.165) is 17.9 Å². The lowest BCUT2D eigenvalue weighted by Gasteiger charge is -2.03. The lowest BCUT2D eigenvalue weighted by molar-refractivity contribution is 0.415. The number of nitrogens with zero attached hydrogens (tertiary/aromatic N) is 3. The van der Waals surface area contributed by atoms with E-state index in [4.69, 9.17) is 15.4 Å². The Bertz CT molecular complexity index is 566. The molecule has 104 valence electrons. The maximum atomic E-state index is 8.99. The largest absolute Gasteiger partial charge is 0.497 e. The van der Waals surface area contributed by atoms with Crippen LogP contribution in [0.2, 0.25) is 0 Å². The Balaban J connectivity index is 2.80. The quantitative estimate of drug-likeness (QED) is 0.490. The van der Waals surface area contributed by atoms with Crippen molar-refractivity contribution in [2.45, 2.75) is 20.3 Å². The van der Waals surface area contributed by atoms with Crippen LogP contribution in [0.4, 0.5) is 5.69 Å². The van der Waals surface area contributed by atoms with Gasteiger partial charge in [-0.05, 0) is 37.6 Å². The Morgan fingerprint density at radius 1 is 1.40 bits per heavy atom. The lowest BCUT2D eigenvalue weighted by Crippen LogP contribution is -2.12. The predicted octanol–water partition coefficient (Wildman–Crippen LogP) is 2.83. The molecule has 20 heavy (non-hydrogen) atoms. The van der Waals surface area contributed by atoms with Crippen LogP contribution in [0.15, 0.2) is 34.4 Å². The second kappa shape index (κ2) is 7.69. The lowest BCUT2D eigenvalue weighted by atomic mass is 10.3. The Hall–Kier alpha value is -2.68. The van der Waals surface area contributed by atoms with Crippen LogP contribution in [0.5, 0.6) is 5.75 Å². The number of anilines is 1. The van der Waals surface area contributed by atoms with Crippen molar-refractivity contribution >= 4 is 22.9 Å². The number of hydrogen-bond donors (Lipinski definition) is 2. The van der Waals surface area contributed by atoms with Crippen LogP contribution in [0.3, 0.4) is 0 Å². The molecule has 1 rings (SSSR count). The van der Waals surface area contributed by atoms with Gasteiger partial charge in [-0.15, -0.1) is 0 Å². The molecule has 0 aliphatic heterocycles. The van der Waals surface area contributed by atoms with E-state index in [9.17, 15) is 0 Å². The van der Waals surface area contributed by atoms with Crippen molar-refractivity contribution in [2.24, 2.45) is 10.1 Å². The number of nitriles is 1. The van der Waals surface area contributed by atoms with Gasteiger partial charge in [-0.3, -0.25) is 10.8 Å². The number of hydrogen-bond acceptors (Lipinski definition) is 5. The van der Waals surface area contributed by atoms with Gasteiger partial charge in [-0.2, -0.15) is 10.4 Å². The summed E-state index contributed by atoms with van der Waals surface area (Å²) in [6.07, 6.45) is 0.729. The van der Waals surface area contributed by atoms with Gasteiger partial charge in [0, 0.05) is 5.71 Å². The molecule has 6 heteroatoms. The highest BCUT2D eigenvalue weighted by Gasteiger charge is 2.05. The van der Waals surface area contributed by atoms with Crippen molar-refractivity contribution in [1.82, 2.24) is 0 Å². The standard InChI is InChI=1S/C14H17N5O/c1-4-10(2)17-14(16)13(9-15)19-18-11-5-7-12(20-3)8-6-11/h5-8,16,18H,4H2,1-3H3/b16-14?,17-10?,19-13-. The SMILES string of the molecule is CCC(C)=NC(=N)/C(C#N)=N\Nc1ccc(OC)cc1. The number of ether oxygens (including phenoxy) is 1. The molecule has 6 nitrogen and oxygen atoms in total. The van der Waals surface area contributed by atoms with Crippen molar-refractivity contribution in [1.29, 1.82) is 10.7 Å². The van der Waals surface area contributed by atoms with Crippen molar-refractivity contribution in [3.63, 3.8) is 0 Å². The summed E-state index contributed by atoms with van der Waals surface area (Å²) in [5.41, 5.74) is 4.13. The molecule has 0 bridgehead atoms. The van der Waals surface area contributed by atoms with E-state index >= 15 is 0 Å². The summed E-state index contributed by atoms with van der Waals surface area (Å²) >= 11 is 0. The van der Waals surface area contributed by atoms with Crippen molar-refractivity contribution in [3.05, 3.63) is 24.3 Å². The molecule has 2 N–H and O–H groups in total. The van der Waals surface area contributed by atoms with Crippen LogP contribution in [0.25, 0.3) is 0 Å². The molecule has 0 radical (unpaired) electrons. The molecule has 0 saturated heterocycles. The first-order valence-corrected chi connectivity index (χ1v) is 6.11. The molecule has 0 aliphatic rings. The Labute approximate surface area is 118 Å². The monoisotopic (exact) mass is 271 g/mol. The van der Waals surface area contributed by atoms with Crippen molar-refractivity contribution in [3.8, 4) is 11.8 Å². The van der Waals surface area contributed by atoms with Gasteiger partial charge in [0.2, 0.25) is 5.71 Å². The number of aliphatic imine (C=N–C) groups is 1. The Kier molecular flexibility index (Phi) is 5.91. The van der Waals surface area contributed by atoms with Crippen LogP contribution in [0, 0.1) is 16.7 Å². The van der Waals surface area contributed by atoms with Gasteiger partial charge in [0.1, 0.15) is 11.8 Å². The fourth-order valence-electron chi connectivity index (χ4n) is 1.24. The normalized spacial score (nSPS) is 11.7. The van der Waals surface area contributed by atoms with Gasteiger partial charge >= 0.3 is 0 Å². The van der Waals surface area contributed by atoms with E-state index in [1.54, 1.807) is 38.3 Å². The summed E-state index contributed by atoms with van der Waals surface area (Å²) < 4.78 is 5.04. The average Bonchev–Trinajstić information content (AvgIpc) is 2.48. The molecular weight excluding hydrogens is 254 g/mol. The third-order valence-electron chi connectivity index (χ3n) is 2.53. The molecule has 0 unspecified atom stereocenters. The summed E-state index contributed by atoms with van der Waals surface area (Å²) in [6, 6.07) is 8.93. The highest BCUT2D eigenvalue weighted by molar-refractivity contribution is 6.47. The molecule has 0 aromatic heterocycles. The van der Waals surface area contributed by atoms with Crippen molar-refractivity contribution < 1.29 is 4.74 Å². The first-order valence-electron chi connectivity index (χ1n) is 6.11. The fourth-order valence-corrected chi connectivity index (χ4v) is 1.24. The summed E-state index contributed by atoms with van der Waals surface area (Å²) in [4.78, 5) is 3.99. The van der Waals surface area contributed by atoms with E-state index in [2.05, 4.69) is 15.5 Å². The van der Waals surface area contributed by atoms with E-state index < -0.39 is 0 Å². The number of benzene rings is 1. The van der Waals surface area contributed by atoms with E-state index in [1.165, 1.54) is 0 Å². The van der Waals surface area contributed by atoms with Gasteiger partial charge in [-0.25, -0.2) is 4.99 Å². The summed E-state index contributed by atoms with van der Waals surface area (Å²) in [5.74, 6) is 0.587. The zero-order chi connectivity index (χ0) is 15.0. The van der Waals surface area contributed by atoms with Crippen LogP contribution < -0.4 is 10.2 Å². The number of hydrazone groups is 1. The zero-order valence-corrected chi connectivity index (χ0v) is 11.8. The first-order chi connectivity index (χ1) is 9.60. The van der Waals surface area contributed by atoms with Gasteiger partial charge in [0.05, 0.1) is 12.8 Å². The predicted molar refractivity (Wildman–Crippen MR) is 80.8 cm³/mol. The molecule has 1 aromatic rings. The minimum Gasteiger partial charge on any atom is -0.497 e. The fraction of sp³-hybridized carbons (Fsp3) is 0.286. The minimum atomic E-state index is -0.145. The number of amidine groups is 1. The highest BCUT2D eigenvalue weighted by Crippen LogP contribution is 2.14. The average molecular weight is 271 g/mol. The maximum absolute atomic E-state index is 8.99. The molecule has 0 fully saturated rings. The summed E-state index contributed by atoms with van der Waals surface area (Å²) in [6.45, 7) is 3.74. The third-order valence-corrected chi connectivity index (χ3v) is 2.53. The summed E-state index contributed by atoms with van der Waals surface area (Å²) in [5, 5.41) is 20.6. The molecule has 0 heterocycles. The van der Waals surface area contributed by atoms with Crippen molar-refractivity contribution in [2.75, 3.05) is 12.5 Å². The molecule has 0 spiro atoms. The third kappa shape index (κ3) is 4.53. The number of nitrogens with one attached hydrogen (secondary N) is 2. The molecular formula is C14H17N5O. The molecule has 1 aromatic carbocycles. The molecule has 0 saturated carbocycles. The van der Waals surface area contributed by atoms with Gasteiger partial charge in [-0.1, -0.05) is 6.92 Å². The zero-order valence-electron chi connectivity index (χ0n) is 11.8. The van der Waals surface area contributed by atoms with Crippen LogP contribution >= 0.6 is 0 Å². The topological polar surface area (TPSA) is 93.6 Å². The smallest absolute Gasteiger partial charge is 0.204 e. The maximum Gasteiger partial charge on any atom is 0.204 e. The second-order valence-electron chi connectivity index (χ2n) is 3.96. The second-order valence-corrected chi connectivity index (χ2v) is 3.96. The minimum absolute atomic E-state index is 0.0615. The van der Waals surface area contributed by atoms with E-state index in [1.807, 2.05) is 13.0 Å². The molecule has 0 atom stereocenters. The number of methoxy groups -OCH3 is 1. The van der Waals surface area contributed by atoms with Gasteiger partial charge in [0.25, 0.3) is 0 Å². The van der Waals surface area contributed by atoms with Crippen LogP contribution in [-0.4, -0.2) is 24.4 Å². The molecule has 0 amide bonds. The highest BCUT2D eigenvalue weighted by atomic mass is 16.5. The van der Waals surface area contributed by atoms with E-state index in [-0.39, 0.29) is 11.5 Å². The number of rotatable bonds is 5. The van der Waals surface area contributed by atoms with Crippen LogP contribution in [0.1, 0.15) is 20.3 Å². The molecule has 0 aliphatic carbocycles. The Morgan fingerprint density at radius 2 is 2.05 bits per heavy atom. The summed E-state index contributed by atoms with van der Waals surface area (Å²) in [7, 11) is 1.59. The van der Waals surface area contributed by atoms with Crippen LogP contribution in [-0.2, 0) is 0 Å². The Morgan fingerprint density at radius 3 is 2.55 bits per heavy atom. The first kappa shape index (κ1) is 15.4. The van der Waals surface area contributed by atoms with E-state index in [0.29, 0.717) is 5.69 Å².